The van der Waals surface area contributed by atoms with E-state index >= 15 is 0 Å². The van der Waals surface area contributed by atoms with E-state index in [9.17, 15) is 9.59 Å². The largest absolute Gasteiger partial charge is 0.325 e. The van der Waals surface area contributed by atoms with Crippen molar-refractivity contribution in [2.45, 2.75) is 0 Å². The number of aromatic nitrogens is 2. The molecule has 2 N–H and O–H groups in total. The normalized spacial score (nSPS) is 10.2. The Morgan fingerprint density at radius 3 is 2.77 bits per heavy atom. The molecule has 0 aromatic carbocycles. The minimum absolute atomic E-state index is 0.359. The molecule has 13 heavy (non-hydrogen) atoms. The second-order valence-corrected chi connectivity index (χ2v) is 3.28. The van der Waals surface area contributed by atoms with Crippen LogP contribution in [0, 0.1) is 0 Å². The van der Waals surface area contributed by atoms with Crippen molar-refractivity contribution in [3.63, 3.8) is 0 Å². The Morgan fingerprint density at radius 1 is 1.31 bits per heavy atom. The molecule has 2 heterocycles. The van der Waals surface area contributed by atoms with Crippen LogP contribution in [0.5, 0.6) is 0 Å². The number of H-pyrrole nitrogens is 2. The molecule has 0 fully saturated rings. The molecule has 0 aliphatic rings. The van der Waals surface area contributed by atoms with Gasteiger partial charge < -0.3 is 4.98 Å². The lowest BCUT2D eigenvalue weighted by molar-refractivity contribution is 1.04. The molecule has 2 rings (SSSR count). The average molecular weight is 194 g/mol. The smallest absolute Gasteiger partial charge is 0.313 e. The summed E-state index contributed by atoms with van der Waals surface area (Å²) in [6.07, 6.45) is 1.42. The van der Waals surface area contributed by atoms with E-state index in [4.69, 9.17) is 0 Å². The van der Waals surface area contributed by atoms with Crippen LogP contribution in [0.4, 0.5) is 0 Å². The summed E-state index contributed by atoms with van der Waals surface area (Å²) >= 11 is 1.50. The van der Waals surface area contributed by atoms with E-state index in [1.54, 1.807) is 0 Å². The molecule has 0 bridgehead atoms. The van der Waals surface area contributed by atoms with Crippen LogP contribution in [-0.2, 0) is 0 Å². The molecule has 4 nitrogen and oxygen atoms in total. The van der Waals surface area contributed by atoms with E-state index in [1.807, 2.05) is 16.8 Å². The highest BCUT2D eigenvalue weighted by Crippen LogP contribution is 2.16. The lowest BCUT2D eigenvalue weighted by Crippen LogP contribution is -2.22. The Hall–Kier alpha value is -1.62. The first-order valence-corrected chi connectivity index (χ1v) is 4.56. The molecular weight excluding hydrogens is 188 g/mol. The summed E-state index contributed by atoms with van der Waals surface area (Å²) in [7, 11) is 0. The van der Waals surface area contributed by atoms with Crippen molar-refractivity contribution in [1.82, 2.24) is 9.97 Å². The highest BCUT2D eigenvalue weighted by Gasteiger charge is 2.02. The zero-order valence-electron chi connectivity index (χ0n) is 6.53. The van der Waals surface area contributed by atoms with Gasteiger partial charge in [0.25, 0.3) is 5.56 Å². The number of thiophene rings is 1. The van der Waals surface area contributed by atoms with Gasteiger partial charge in [-0.2, -0.15) is 11.3 Å². The van der Waals surface area contributed by atoms with E-state index in [2.05, 4.69) is 9.97 Å². The van der Waals surface area contributed by atoms with Crippen molar-refractivity contribution in [2.24, 2.45) is 0 Å². The van der Waals surface area contributed by atoms with Crippen molar-refractivity contribution in [3.05, 3.63) is 43.9 Å². The van der Waals surface area contributed by atoms with Crippen LogP contribution in [0.2, 0.25) is 0 Å². The van der Waals surface area contributed by atoms with Gasteiger partial charge >= 0.3 is 5.69 Å². The molecule has 0 saturated carbocycles. The molecule has 2 aromatic heterocycles. The topological polar surface area (TPSA) is 65.7 Å². The van der Waals surface area contributed by atoms with Gasteiger partial charge in [0, 0.05) is 6.20 Å². The van der Waals surface area contributed by atoms with Crippen LogP contribution in [0.25, 0.3) is 11.1 Å². The van der Waals surface area contributed by atoms with Gasteiger partial charge in [-0.3, -0.25) is 9.78 Å². The van der Waals surface area contributed by atoms with Gasteiger partial charge in [0.2, 0.25) is 0 Å². The molecule has 0 radical (unpaired) electrons. The van der Waals surface area contributed by atoms with E-state index in [1.165, 1.54) is 17.5 Å². The van der Waals surface area contributed by atoms with Crippen LogP contribution in [0.3, 0.4) is 0 Å². The fourth-order valence-corrected chi connectivity index (χ4v) is 1.70. The molecule has 2 aromatic rings. The summed E-state index contributed by atoms with van der Waals surface area (Å²) in [6.45, 7) is 0. The minimum Gasteiger partial charge on any atom is -0.313 e. The number of rotatable bonds is 1. The monoisotopic (exact) mass is 194 g/mol. The van der Waals surface area contributed by atoms with Crippen LogP contribution < -0.4 is 11.2 Å². The third-order valence-corrected chi connectivity index (χ3v) is 2.33. The molecule has 0 aliphatic carbocycles. The van der Waals surface area contributed by atoms with E-state index in [-0.39, 0.29) is 5.56 Å². The third kappa shape index (κ3) is 1.46. The van der Waals surface area contributed by atoms with Gasteiger partial charge in [-0.15, -0.1) is 0 Å². The molecule has 5 heteroatoms. The summed E-state index contributed by atoms with van der Waals surface area (Å²) in [5.41, 5.74) is 0.467. The van der Waals surface area contributed by atoms with Gasteiger partial charge in [0.1, 0.15) is 0 Å². The fourth-order valence-electron chi connectivity index (χ4n) is 1.04. The predicted octanol–water partition coefficient (Wildman–Crippen LogP) is 0.792. The summed E-state index contributed by atoms with van der Waals surface area (Å²) in [5, 5.41) is 3.72. The molecule has 66 valence electrons. The van der Waals surface area contributed by atoms with Gasteiger partial charge in [-0.1, -0.05) is 0 Å². The second kappa shape index (κ2) is 3.02. The number of nitrogens with one attached hydrogen (secondary N) is 2. The Kier molecular flexibility index (Phi) is 1.86. The summed E-state index contributed by atoms with van der Waals surface area (Å²) in [6, 6.07) is 1.83. The standard InChI is InChI=1S/C8H6N2O2S/c11-7-6(3-9-8(12)10-7)5-1-2-13-4-5/h1-4H,(H2,9,10,11,12). The Bertz CT molecular complexity index is 509. The summed E-state index contributed by atoms with van der Waals surface area (Å²) < 4.78 is 0. The lowest BCUT2D eigenvalue weighted by atomic mass is 10.2. The maximum atomic E-state index is 11.3. The van der Waals surface area contributed by atoms with E-state index < -0.39 is 5.69 Å². The Morgan fingerprint density at radius 2 is 2.15 bits per heavy atom. The van der Waals surface area contributed by atoms with Gasteiger partial charge in [0.05, 0.1) is 5.56 Å². The van der Waals surface area contributed by atoms with Crippen molar-refractivity contribution in [1.29, 1.82) is 0 Å². The first-order valence-electron chi connectivity index (χ1n) is 3.62. The molecule has 0 amide bonds. The summed E-state index contributed by atoms with van der Waals surface area (Å²) in [5.74, 6) is 0. The predicted molar refractivity (Wildman–Crippen MR) is 51.0 cm³/mol. The van der Waals surface area contributed by atoms with Crippen LogP contribution in [0.15, 0.2) is 32.6 Å². The first kappa shape index (κ1) is 8.00. The molecule has 0 unspecified atom stereocenters. The molecule has 0 aliphatic heterocycles. The Balaban J connectivity index is 2.67. The average Bonchev–Trinajstić information content (AvgIpc) is 2.56. The maximum absolute atomic E-state index is 11.3. The number of hydrogen-bond donors (Lipinski definition) is 2. The van der Waals surface area contributed by atoms with Crippen LogP contribution in [0.1, 0.15) is 0 Å². The van der Waals surface area contributed by atoms with Crippen LogP contribution >= 0.6 is 11.3 Å². The van der Waals surface area contributed by atoms with Crippen molar-refractivity contribution in [2.75, 3.05) is 0 Å². The van der Waals surface area contributed by atoms with E-state index in [0.717, 1.165) is 5.56 Å². The van der Waals surface area contributed by atoms with Gasteiger partial charge in [-0.25, -0.2) is 4.79 Å². The lowest BCUT2D eigenvalue weighted by Gasteiger charge is -1.93. The molecule has 0 saturated heterocycles. The van der Waals surface area contributed by atoms with Gasteiger partial charge in [-0.05, 0) is 22.4 Å². The molecule has 0 atom stereocenters. The van der Waals surface area contributed by atoms with E-state index in [0.29, 0.717) is 5.56 Å². The molecular formula is C8H6N2O2S. The second-order valence-electron chi connectivity index (χ2n) is 2.50. The quantitative estimate of drug-likeness (QED) is 0.704. The SMILES string of the molecule is O=c1[nH]cc(-c2ccsc2)c(=O)[nH]1. The third-order valence-electron chi connectivity index (χ3n) is 1.65. The minimum atomic E-state index is -0.482. The Labute approximate surface area is 76.9 Å². The first-order chi connectivity index (χ1) is 6.27. The number of aromatic amines is 2. The van der Waals surface area contributed by atoms with Crippen LogP contribution in [-0.4, -0.2) is 9.97 Å². The highest BCUT2D eigenvalue weighted by molar-refractivity contribution is 7.08. The molecule has 0 spiro atoms. The van der Waals surface area contributed by atoms with Crippen molar-refractivity contribution >= 4 is 11.3 Å². The number of hydrogen-bond acceptors (Lipinski definition) is 3. The zero-order valence-corrected chi connectivity index (χ0v) is 7.35. The fraction of sp³-hybridized carbons (Fsp3) is 0. The van der Waals surface area contributed by atoms with Crippen molar-refractivity contribution in [3.8, 4) is 11.1 Å². The summed E-state index contributed by atoms with van der Waals surface area (Å²) in [4.78, 5) is 26.6. The maximum Gasteiger partial charge on any atom is 0.325 e. The zero-order chi connectivity index (χ0) is 9.26. The van der Waals surface area contributed by atoms with Crippen molar-refractivity contribution < 1.29 is 0 Å². The highest BCUT2D eigenvalue weighted by atomic mass is 32.1. The van der Waals surface area contributed by atoms with Gasteiger partial charge in [0.15, 0.2) is 0 Å².